The first-order chi connectivity index (χ1) is 15.3. The van der Waals surface area contributed by atoms with Gasteiger partial charge in [0.25, 0.3) is 5.91 Å². The second-order valence-corrected chi connectivity index (χ2v) is 9.86. The van der Waals surface area contributed by atoms with Crippen LogP contribution in [0.15, 0.2) is 54.6 Å². The zero-order chi connectivity index (χ0) is 22.9. The van der Waals surface area contributed by atoms with Crippen LogP contribution in [0.5, 0.6) is 5.75 Å². The molecule has 3 aromatic rings. The number of carbonyl (C=O) groups is 1. The van der Waals surface area contributed by atoms with E-state index in [1.54, 1.807) is 7.11 Å². The topological polar surface area (TPSA) is 80.6 Å². The molecule has 0 saturated heterocycles. The largest absolute Gasteiger partial charge is 0.497 e. The van der Waals surface area contributed by atoms with Crippen LogP contribution in [0.2, 0.25) is 0 Å². The number of anilines is 1. The highest BCUT2D eigenvalue weighted by molar-refractivity contribution is 7.92. The molecule has 0 aliphatic carbocycles. The molecule has 0 atom stereocenters. The number of rotatable bonds is 7. The average Bonchev–Trinajstić information content (AvgIpc) is 3.34. The van der Waals surface area contributed by atoms with E-state index in [1.807, 2.05) is 73.0 Å². The van der Waals surface area contributed by atoms with Crippen molar-refractivity contribution in [3.63, 3.8) is 0 Å². The number of ether oxygens (including phenoxy) is 1. The van der Waals surface area contributed by atoms with Crippen molar-refractivity contribution in [2.45, 2.75) is 20.3 Å². The number of hydrogen-bond donors (Lipinski definition) is 1. The van der Waals surface area contributed by atoms with Gasteiger partial charge in [-0.1, -0.05) is 24.3 Å². The van der Waals surface area contributed by atoms with Gasteiger partial charge in [-0.25, -0.2) is 8.42 Å². The van der Waals surface area contributed by atoms with Gasteiger partial charge in [0.15, 0.2) is 0 Å². The van der Waals surface area contributed by atoms with Crippen molar-refractivity contribution in [1.82, 2.24) is 9.88 Å². The number of aromatic nitrogens is 1. The first kappa shape index (κ1) is 22.0. The third kappa shape index (κ3) is 4.10. The van der Waals surface area contributed by atoms with Gasteiger partial charge in [0, 0.05) is 36.2 Å². The highest BCUT2D eigenvalue weighted by atomic mass is 32.2. The third-order valence-corrected chi connectivity index (χ3v) is 7.58. The highest BCUT2D eigenvalue weighted by Crippen LogP contribution is 2.30. The van der Waals surface area contributed by atoms with Crippen molar-refractivity contribution in [2.75, 3.05) is 30.3 Å². The highest BCUT2D eigenvalue weighted by Gasteiger charge is 2.29. The van der Waals surface area contributed by atoms with Crippen LogP contribution in [0.3, 0.4) is 0 Å². The van der Waals surface area contributed by atoms with Crippen molar-refractivity contribution in [3.05, 3.63) is 77.1 Å². The number of nitrogens with zero attached hydrogens (tertiary/aromatic N) is 2. The second kappa shape index (κ2) is 8.70. The lowest BCUT2D eigenvalue weighted by atomic mass is 10.2. The van der Waals surface area contributed by atoms with Crippen LogP contribution in [0, 0.1) is 13.8 Å². The van der Waals surface area contributed by atoms with Crippen LogP contribution in [0.25, 0.3) is 5.69 Å². The van der Waals surface area contributed by atoms with Gasteiger partial charge in [-0.3, -0.25) is 9.10 Å². The van der Waals surface area contributed by atoms with E-state index in [-0.39, 0.29) is 18.2 Å². The van der Waals surface area contributed by atoms with E-state index in [9.17, 15) is 13.2 Å². The number of benzene rings is 2. The molecular formula is C24H27N3O4S. The van der Waals surface area contributed by atoms with Crippen LogP contribution < -0.4 is 14.4 Å². The first-order valence-corrected chi connectivity index (χ1v) is 12.1. The van der Waals surface area contributed by atoms with Crippen molar-refractivity contribution >= 4 is 21.6 Å². The number of nitrogens with one attached hydrogen (secondary N) is 1. The normalized spacial score (nSPS) is 13.2. The van der Waals surface area contributed by atoms with Gasteiger partial charge in [-0.05, 0) is 50.1 Å². The molecule has 0 radical (unpaired) electrons. The Hall–Kier alpha value is -3.26. The van der Waals surface area contributed by atoms with Gasteiger partial charge >= 0.3 is 0 Å². The van der Waals surface area contributed by atoms with E-state index < -0.39 is 10.0 Å². The molecule has 0 bridgehead atoms. The maximum absolute atomic E-state index is 12.8. The molecule has 7 nitrogen and oxygen atoms in total. The summed E-state index contributed by atoms with van der Waals surface area (Å²) in [4.78, 5) is 12.8. The number of amides is 1. The van der Waals surface area contributed by atoms with E-state index in [2.05, 4.69) is 5.32 Å². The zero-order valence-electron chi connectivity index (χ0n) is 18.5. The summed E-state index contributed by atoms with van der Waals surface area (Å²) in [6.07, 6.45) is 0.706. The molecule has 2 aromatic carbocycles. The summed E-state index contributed by atoms with van der Waals surface area (Å²) in [7, 11) is -1.90. The molecule has 0 spiro atoms. The minimum Gasteiger partial charge on any atom is -0.497 e. The first-order valence-electron chi connectivity index (χ1n) is 10.5. The maximum Gasteiger partial charge on any atom is 0.253 e. The van der Waals surface area contributed by atoms with Crippen LogP contribution in [-0.4, -0.2) is 44.8 Å². The fourth-order valence-corrected chi connectivity index (χ4v) is 5.66. The van der Waals surface area contributed by atoms with Crippen molar-refractivity contribution in [2.24, 2.45) is 0 Å². The van der Waals surface area contributed by atoms with Gasteiger partial charge in [0.05, 0.1) is 24.1 Å². The Morgan fingerprint density at radius 2 is 1.88 bits per heavy atom. The van der Waals surface area contributed by atoms with E-state index in [0.717, 1.165) is 34.1 Å². The minimum absolute atomic E-state index is 0.0443. The molecule has 4 rings (SSSR count). The summed E-state index contributed by atoms with van der Waals surface area (Å²) in [5.74, 6) is 0.292. The molecule has 1 aromatic heterocycles. The lowest BCUT2D eigenvalue weighted by Crippen LogP contribution is -2.37. The van der Waals surface area contributed by atoms with Gasteiger partial charge in [-0.2, -0.15) is 0 Å². The molecule has 0 fully saturated rings. The number of hydrogen-bond acceptors (Lipinski definition) is 4. The fourth-order valence-electron chi connectivity index (χ4n) is 4.24. The van der Waals surface area contributed by atoms with Crippen LogP contribution in [0.4, 0.5) is 5.69 Å². The number of fused-ring (bicyclic) bond motifs is 1. The monoisotopic (exact) mass is 453 g/mol. The molecule has 2 heterocycles. The summed E-state index contributed by atoms with van der Waals surface area (Å²) in [5.41, 5.74) is 4.88. The molecular weight excluding hydrogens is 426 g/mol. The summed E-state index contributed by atoms with van der Waals surface area (Å²) >= 11 is 0. The SMILES string of the molecule is COc1cccc(-n2c(C)cc(C(=O)NCCS(=O)(=O)N3CCc4ccccc43)c2C)c1. The van der Waals surface area contributed by atoms with E-state index in [1.165, 1.54) is 4.31 Å². The van der Waals surface area contributed by atoms with E-state index in [0.29, 0.717) is 18.5 Å². The predicted molar refractivity (Wildman–Crippen MR) is 125 cm³/mol. The van der Waals surface area contributed by atoms with Gasteiger partial charge in [-0.15, -0.1) is 0 Å². The van der Waals surface area contributed by atoms with Gasteiger partial charge < -0.3 is 14.6 Å². The van der Waals surface area contributed by atoms with Crippen LogP contribution in [-0.2, 0) is 16.4 Å². The summed E-state index contributed by atoms with van der Waals surface area (Å²) < 4.78 is 34.4. The third-order valence-electron chi connectivity index (χ3n) is 5.81. The quantitative estimate of drug-likeness (QED) is 0.596. The number of carbonyl (C=O) groups excluding carboxylic acids is 1. The lowest BCUT2D eigenvalue weighted by molar-refractivity contribution is 0.0955. The summed E-state index contributed by atoms with van der Waals surface area (Å²) in [6.45, 7) is 4.29. The Labute approximate surface area is 188 Å². The molecule has 32 heavy (non-hydrogen) atoms. The van der Waals surface area contributed by atoms with Crippen molar-refractivity contribution in [1.29, 1.82) is 0 Å². The maximum atomic E-state index is 12.8. The molecule has 0 unspecified atom stereocenters. The second-order valence-electron chi connectivity index (χ2n) is 7.84. The fraction of sp³-hybridized carbons (Fsp3) is 0.292. The Balaban J connectivity index is 1.45. The molecule has 168 valence electrons. The smallest absolute Gasteiger partial charge is 0.253 e. The molecule has 1 aliphatic heterocycles. The van der Waals surface area contributed by atoms with E-state index >= 15 is 0 Å². The predicted octanol–water partition coefficient (Wildman–Crippen LogP) is 3.23. The Morgan fingerprint density at radius 1 is 1.09 bits per heavy atom. The van der Waals surface area contributed by atoms with Crippen LogP contribution >= 0.6 is 0 Å². The Bertz CT molecular complexity index is 1260. The molecule has 1 N–H and O–H groups in total. The standard InChI is InChI=1S/C24H27N3O4S/c1-17-15-22(18(2)27(17)20-8-6-9-21(16-20)31-3)24(28)25-12-14-32(29,30)26-13-11-19-7-4-5-10-23(19)26/h4-10,15-16H,11-14H2,1-3H3,(H,25,28). The van der Waals surface area contributed by atoms with E-state index in [4.69, 9.17) is 4.74 Å². The van der Waals surface area contributed by atoms with Gasteiger partial charge in [0.1, 0.15) is 5.75 Å². The lowest BCUT2D eigenvalue weighted by Gasteiger charge is -2.19. The number of sulfonamides is 1. The zero-order valence-corrected chi connectivity index (χ0v) is 19.3. The number of methoxy groups -OCH3 is 1. The van der Waals surface area contributed by atoms with Crippen molar-refractivity contribution in [3.8, 4) is 11.4 Å². The van der Waals surface area contributed by atoms with Crippen molar-refractivity contribution < 1.29 is 17.9 Å². The van der Waals surface area contributed by atoms with Gasteiger partial charge in [0.2, 0.25) is 10.0 Å². The summed E-state index contributed by atoms with van der Waals surface area (Å²) in [6, 6.07) is 17.0. The molecule has 1 aliphatic rings. The molecule has 1 amide bonds. The number of aryl methyl sites for hydroxylation is 1. The van der Waals surface area contributed by atoms with Crippen LogP contribution in [0.1, 0.15) is 27.3 Å². The molecule has 8 heteroatoms. The average molecular weight is 454 g/mol. The Kier molecular flexibility index (Phi) is 5.97. The summed E-state index contributed by atoms with van der Waals surface area (Å²) in [5, 5.41) is 2.78. The Morgan fingerprint density at radius 3 is 2.66 bits per heavy atom. The molecule has 0 saturated carbocycles. The number of para-hydroxylation sites is 1. The minimum atomic E-state index is -3.52.